The molecule has 7 atom stereocenters. The SMILES string of the molecule is C[N@+]1(CC2CC2)C[C@@H](O)[C@]23c4c5ccc(O)c4O[C@H]2C(=O)C(O)C[C@@]3(O)[C@@H]1C5. The molecule has 150 valence electrons. The highest BCUT2D eigenvalue weighted by Crippen LogP contribution is 2.65. The zero-order valence-corrected chi connectivity index (χ0v) is 15.8. The quantitative estimate of drug-likeness (QED) is 0.514. The lowest BCUT2D eigenvalue weighted by Gasteiger charge is -2.66. The topological polar surface area (TPSA) is 107 Å². The van der Waals surface area contributed by atoms with E-state index in [-0.39, 0.29) is 24.0 Å². The van der Waals surface area contributed by atoms with Crippen LogP contribution in [0.5, 0.6) is 11.5 Å². The van der Waals surface area contributed by atoms with Crippen molar-refractivity contribution < 1.29 is 34.4 Å². The third kappa shape index (κ3) is 1.70. The first kappa shape index (κ1) is 17.2. The Morgan fingerprint density at radius 3 is 2.75 bits per heavy atom. The lowest BCUT2D eigenvalue weighted by Crippen LogP contribution is -2.86. The largest absolute Gasteiger partial charge is 0.504 e. The molecule has 1 saturated heterocycles. The number of hydrogen-bond acceptors (Lipinski definition) is 6. The zero-order chi connectivity index (χ0) is 19.6. The Morgan fingerprint density at radius 2 is 2.04 bits per heavy atom. The molecule has 1 spiro atoms. The Kier molecular flexibility index (Phi) is 3.01. The van der Waals surface area contributed by atoms with Gasteiger partial charge in [-0.15, -0.1) is 0 Å². The number of likely N-dealkylation sites (tertiary alicyclic amines) is 1. The number of ketones is 1. The molecule has 7 nitrogen and oxygen atoms in total. The van der Waals surface area contributed by atoms with Crippen molar-refractivity contribution in [2.45, 2.75) is 61.1 Å². The third-order valence-electron chi connectivity index (χ3n) is 8.30. The van der Waals surface area contributed by atoms with Gasteiger partial charge in [-0.2, -0.15) is 0 Å². The average molecular weight is 388 g/mol. The summed E-state index contributed by atoms with van der Waals surface area (Å²) in [7, 11) is 2.08. The van der Waals surface area contributed by atoms with Crippen LogP contribution in [0.1, 0.15) is 30.4 Å². The fourth-order valence-corrected chi connectivity index (χ4v) is 7.08. The molecule has 28 heavy (non-hydrogen) atoms. The summed E-state index contributed by atoms with van der Waals surface area (Å²) in [5.41, 5.74) is -1.34. The maximum absolute atomic E-state index is 12.9. The Morgan fingerprint density at radius 1 is 1.29 bits per heavy atom. The van der Waals surface area contributed by atoms with Crippen LogP contribution in [0.25, 0.3) is 0 Å². The normalized spacial score (nSPS) is 48.2. The van der Waals surface area contributed by atoms with Gasteiger partial charge in [0.15, 0.2) is 17.6 Å². The second-order valence-corrected chi connectivity index (χ2v) is 9.89. The molecule has 2 bridgehead atoms. The number of nitrogens with zero attached hydrogens (tertiary/aromatic N) is 1. The van der Waals surface area contributed by atoms with E-state index in [0.29, 0.717) is 28.9 Å². The minimum absolute atomic E-state index is 0.0985. The smallest absolute Gasteiger partial charge is 0.202 e. The number of piperidine rings is 1. The molecule has 0 amide bonds. The zero-order valence-electron chi connectivity index (χ0n) is 15.8. The van der Waals surface area contributed by atoms with Gasteiger partial charge in [0.1, 0.15) is 35.8 Å². The van der Waals surface area contributed by atoms with E-state index in [0.717, 1.165) is 12.1 Å². The van der Waals surface area contributed by atoms with Gasteiger partial charge in [0.05, 0.1) is 13.6 Å². The number of benzene rings is 1. The van der Waals surface area contributed by atoms with Crippen molar-refractivity contribution in [2.75, 3.05) is 20.1 Å². The van der Waals surface area contributed by atoms with Gasteiger partial charge >= 0.3 is 0 Å². The Hall–Kier alpha value is -1.67. The van der Waals surface area contributed by atoms with Gasteiger partial charge in [-0.25, -0.2) is 0 Å². The number of aromatic hydroxyl groups is 1. The number of carbonyl (C=O) groups is 1. The summed E-state index contributed by atoms with van der Waals surface area (Å²) in [4.78, 5) is 12.9. The lowest BCUT2D eigenvalue weighted by atomic mass is 9.47. The van der Waals surface area contributed by atoms with Crippen LogP contribution in [-0.2, 0) is 16.6 Å². The number of aliphatic hydroxyl groups is 3. The Labute approximate surface area is 162 Å². The number of aliphatic hydroxyl groups excluding tert-OH is 2. The monoisotopic (exact) mass is 388 g/mol. The van der Waals surface area contributed by atoms with E-state index in [9.17, 15) is 25.2 Å². The third-order valence-corrected chi connectivity index (χ3v) is 8.30. The summed E-state index contributed by atoms with van der Waals surface area (Å²) in [5, 5.41) is 44.6. The first-order valence-electron chi connectivity index (χ1n) is 10.2. The number of rotatable bonds is 2. The summed E-state index contributed by atoms with van der Waals surface area (Å²) >= 11 is 0. The van der Waals surface area contributed by atoms with Crippen molar-refractivity contribution in [3.05, 3.63) is 23.3 Å². The summed E-state index contributed by atoms with van der Waals surface area (Å²) in [6.45, 7) is 1.29. The summed E-state index contributed by atoms with van der Waals surface area (Å²) in [5.74, 6) is 0.152. The van der Waals surface area contributed by atoms with E-state index in [1.165, 1.54) is 12.8 Å². The van der Waals surface area contributed by atoms with E-state index >= 15 is 0 Å². The van der Waals surface area contributed by atoms with Crippen LogP contribution in [0, 0.1) is 5.92 Å². The standard InChI is InChI=1S/C21H25NO6/c1-22(8-10-2-3-10)9-15(25)21-16-11-4-5-12(23)18(16)28-19(21)17(26)13(24)7-20(21,27)14(22)6-11/h4-5,10,13-15,19,24-25,27H,2-3,6-9H2,1H3/p+1/t13?,14-,15+,19-,20+,21-,22-/m0/s1. The molecule has 3 fully saturated rings. The first-order valence-corrected chi connectivity index (χ1v) is 10.2. The number of hydrogen-bond donors (Lipinski definition) is 4. The van der Waals surface area contributed by atoms with Crippen molar-refractivity contribution in [1.82, 2.24) is 0 Å². The van der Waals surface area contributed by atoms with E-state index in [4.69, 9.17) is 4.74 Å². The lowest BCUT2D eigenvalue weighted by molar-refractivity contribution is -0.954. The highest BCUT2D eigenvalue weighted by atomic mass is 16.5. The number of quaternary nitrogens is 1. The second-order valence-electron chi connectivity index (χ2n) is 9.89. The van der Waals surface area contributed by atoms with Crippen LogP contribution < -0.4 is 4.74 Å². The average Bonchev–Trinajstić information content (AvgIpc) is 3.33. The van der Waals surface area contributed by atoms with Gasteiger partial charge in [-0.05, 0) is 24.5 Å². The minimum atomic E-state index is -1.49. The minimum Gasteiger partial charge on any atom is -0.504 e. The number of carbonyl (C=O) groups excluding carboxylic acids is 1. The van der Waals surface area contributed by atoms with Crippen molar-refractivity contribution in [2.24, 2.45) is 5.92 Å². The molecule has 4 N–H and O–H groups in total. The van der Waals surface area contributed by atoms with Crippen LogP contribution in [0.15, 0.2) is 12.1 Å². The molecular weight excluding hydrogens is 362 g/mol. The number of phenols is 1. The van der Waals surface area contributed by atoms with E-state index in [2.05, 4.69) is 7.05 Å². The Balaban J connectivity index is 1.65. The molecule has 6 rings (SSSR count). The molecule has 2 saturated carbocycles. The molecule has 0 radical (unpaired) electrons. The first-order chi connectivity index (χ1) is 13.2. The Bertz CT molecular complexity index is 914. The highest BCUT2D eigenvalue weighted by molar-refractivity contribution is 5.93. The molecule has 0 aromatic heterocycles. The van der Waals surface area contributed by atoms with Crippen molar-refractivity contribution >= 4 is 5.78 Å². The van der Waals surface area contributed by atoms with Gasteiger partial charge in [0.2, 0.25) is 5.78 Å². The molecule has 2 heterocycles. The van der Waals surface area contributed by atoms with Crippen LogP contribution in [-0.4, -0.2) is 80.8 Å². The number of Topliss-reactive ketones (excluding diaryl/α,β-unsaturated/α-hetero) is 1. The summed E-state index contributed by atoms with van der Waals surface area (Å²) in [6.07, 6.45) is -0.752. The van der Waals surface area contributed by atoms with Crippen LogP contribution in [0.3, 0.4) is 0 Å². The molecular formula is C21H26NO6+. The fraction of sp³-hybridized carbons (Fsp3) is 0.667. The maximum Gasteiger partial charge on any atom is 0.202 e. The number of phenolic OH excluding ortho intramolecular Hbond substituents is 1. The second kappa shape index (κ2) is 4.90. The van der Waals surface area contributed by atoms with Gasteiger partial charge in [-0.3, -0.25) is 4.79 Å². The molecule has 7 heteroatoms. The summed E-state index contributed by atoms with van der Waals surface area (Å²) < 4.78 is 6.42. The van der Waals surface area contributed by atoms with Crippen molar-refractivity contribution in [1.29, 1.82) is 0 Å². The van der Waals surface area contributed by atoms with Crippen LogP contribution >= 0.6 is 0 Å². The maximum atomic E-state index is 12.9. The van der Waals surface area contributed by atoms with Crippen LogP contribution in [0.2, 0.25) is 0 Å². The molecule has 3 aliphatic carbocycles. The molecule has 2 aliphatic heterocycles. The molecule has 1 aromatic carbocycles. The highest BCUT2D eigenvalue weighted by Gasteiger charge is 2.81. The molecule has 1 unspecified atom stereocenters. The fourth-order valence-electron chi connectivity index (χ4n) is 7.08. The number of likely N-dealkylation sites (N-methyl/N-ethyl adjacent to an activating group) is 1. The van der Waals surface area contributed by atoms with Gasteiger partial charge < -0.3 is 29.6 Å². The van der Waals surface area contributed by atoms with Crippen molar-refractivity contribution in [3.8, 4) is 11.5 Å². The summed E-state index contributed by atoms with van der Waals surface area (Å²) in [6, 6.07) is 3.12. The molecule has 5 aliphatic rings. The molecule has 1 aromatic rings. The van der Waals surface area contributed by atoms with E-state index in [1.807, 2.05) is 6.07 Å². The van der Waals surface area contributed by atoms with Gasteiger partial charge in [-0.1, -0.05) is 6.07 Å². The predicted molar refractivity (Wildman–Crippen MR) is 96.9 cm³/mol. The van der Waals surface area contributed by atoms with Crippen molar-refractivity contribution in [3.63, 3.8) is 0 Å². The van der Waals surface area contributed by atoms with Gasteiger partial charge in [0, 0.05) is 24.3 Å². The number of ether oxygens (including phenoxy) is 1. The van der Waals surface area contributed by atoms with Crippen LogP contribution in [0.4, 0.5) is 0 Å². The van der Waals surface area contributed by atoms with E-state index in [1.54, 1.807) is 6.07 Å². The van der Waals surface area contributed by atoms with Gasteiger partial charge in [0.25, 0.3) is 0 Å². The van der Waals surface area contributed by atoms with E-state index < -0.39 is 35.1 Å². The predicted octanol–water partition coefficient (Wildman–Crippen LogP) is -0.388.